The van der Waals surface area contributed by atoms with Crippen LogP contribution in [0.1, 0.15) is 0 Å². The molecule has 0 nitrogen and oxygen atoms in total. The van der Waals surface area contributed by atoms with Gasteiger partial charge >= 0.3 is 0 Å². The van der Waals surface area contributed by atoms with Crippen molar-refractivity contribution in [2.24, 2.45) is 0 Å². The molecule has 1 aromatic rings. The van der Waals surface area contributed by atoms with Gasteiger partial charge in [0.05, 0.1) is 18.6 Å². The van der Waals surface area contributed by atoms with Crippen molar-refractivity contribution in [2.45, 2.75) is 0 Å². The van der Waals surface area contributed by atoms with Gasteiger partial charge in [-0.25, -0.2) is 0 Å². The molecule has 1 rings (SSSR count). The average Bonchev–Trinajstić information content (AvgIpc) is 1.90. The molecule has 0 radical (unpaired) electrons. The summed E-state index contributed by atoms with van der Waals surface area (Å²) in [6, 6.07) is 10.7. The van der Waals surface area contributed by atoms with Crippen LogP contribution in [0.15, 0.2) is 30.3 Å². The first kappa shape index (κ1) is 10.3. The van der Waals surface area contributed by atoms with Gasteiger partial charge in [-0.05, 0) is 12.1 Å². The van der Waals surface area contributed by atoms with Crippen LogP contribution in [0.2, 0.25) is 0 Å². The first-order chi connectivity index (χ1) is 4.30. The van der Waals surface area contributed by atoms with E-state index in [9.17, 15) is 0 Å². The van der Waals surface area contributed by atoms with E-state index in [1.807, 2.05) is 0 Å². The maximum Gasteiger partial charge on any atom is 0.0908 e. The summed E-state index contributed by atoms with van der Waals surface area (Å²) in [5.74, 6) is 0. The van der Waals surface area contributed by atoms with Crippen LogP contribution in [-0.2, 0) is 21.1 Å². The summed E-state index contributed by atoms with van der Waals surface area (Å²) in [6.45, 7) is 4.61. The summed E-state index contributed by atoms with van der Waals surface area (Å²) in [7, 11) is -0.212. The van der Waals surface area contributed by atoms with E-state index in [0.29, 0.717) is 0 Å². The maximum atomic E-state index is 2.31. The van der Waals surface area contributed by atoms with E-state index in [0.717, 1.165) is 0 Å². The fourth-order valence-electron chi connectivity index (χ4n) is 0.771. The van der Waals surface area contributed by atoms with Crippen molar-refractivity contribution in [1.82, 2.24) is 0 Å². The average molecular weight is 323 g/mol. The van der Waals surface area contributed by atoms with Crippen molar-refractivity contribution in [1.29, 1.82) is 0 Å². The van der Waals surface area contributed by atoms with Crippen LogP contribution in [0.3, 0.4) is 0 Å². The molecule has 0 spiro atoms. The molecular formula is C8H12PW+. The van der Waals surface area contributed by atoms with Gasteiger partial charge in [0.15, 0.2) is 0 Å². The molecule has 1 aromatic carbocycles. The van der Waals surface area contributed by atoms with Crippen LogP contribution in [0, 0.1) is 0 Å². The van der Waals surface area contributed by atoms with E-state index in [-0.39, 0.29) is 29.0 Å². The van der Waals surface area contributed by atoms with E-state index >= 15 is 0 Å². The maximum absolute atomic E-state index is 2.31. The molecule has 0 saturated carbocycles. The van der Waals surface area contributed by atoms with Gasteiger partial charge < -0.3 is 0 Å². The predicted octanol–water partition coefficient (Wildman–Crippen LogP) is 1.78. The minimum atomic E-state index is -0.212. The fraction of sp³-hybridized carbons (Fsp3) is 0.250. The fourth-order valence-corrected chi connectivity index (χ4v) is 1.63. The van der Waals surface area contributed by atoms with Gasteiger partial charge in [-0.2, -0.15) is 0 Å². The summed E-state index contributed by atoms with van der Waals surface area (Å²) >= 11 is 0. The Hall–Kier alpha value is 0.338. The molecule has 0 bridgehead atoms. The predicted molar refractivity (Wildman–Crippen MR) is 46.2 cm³/mol. The minimum absolute atomic E-state index is 0. The van der Waals surface area contributed by atoms with Crippen LogP contribution in [-0.4, -0.2) is 13.3 Å². The number of hydrogen-bond donors (Lipinski definition) is 0. The normalized spacial score (nSPS) is 9.10. The molecule has 0 aliphatic rings. The van der Waals surface area contributed by atoms with Gasteiger partial charge in [0.25, 0.3) is 0 Å². The quantitative estimate of drug-likeness (QED) is 0.692. The summed E-state index contributed by atoms with van der Waals surface area (Å²) in [4.78, 5) is 0. The van der Waals surface area contributed by atoms with Gasteiger partial charge in [0, 0.05) is 29.0 Å². The van der Waals surface area contributed by atoms with E-state index in [4.69, 9.17) is 0 Å². The Balaban J connectivity index is 0.000000810. The number of hydrogen-bond acceptors (Lipinski definition) is 0. The van der Waals surface area contributed by atoms with E-state index < -0.39 is 0 Å². The minimum Gasteiger partial charge on any atom is -0.0620 e. The molecular weight excluding hydrogens is 311 g/mol. The topological polar surface area (TPSA) is 0 Å². The van der Waals surface area contributed by atoms with E-state index in [2.05, 4.69) is 43.7 Å². The van der Waals surface area contributed by atoms with Gasteiger partial charge in [0.2, 0.25) is 0 Å². The molecule has 0 fully saturated rings. The molecule has 0 unspecified atom stereocenters. The molecule has 0 aliphatic carbocycles. The summed E-state index contributed by atoms with van der Waals surface area (Å²) in [6.07, 6.45) is 0. The van der Waals surface area contributed by atoms with Gasteiger partial charge in [-0.1, -0.05) is 18.2 Å². The third kappa shape index (κ3) is 2.95. The second-order valence-electron chi connectivity index (χ2n) is 2.37. The van der Waals surface area contributed by atoms with Crippen LogP contribution in [0.4, 0.5) is 0 Å². The van der Waals surface area contributed by atoms with Crippen molar-refractivity contribution in [3.8, 4) is 0 Å². The Morgan fingerprint density at radius 3 is 1.80 bits per heavy atom. The Kier molecular flexibility index (Phi) is 5.22. The third-order valence-electron chi connectivity index (χ3n) is 1.35. The van der Waals surface area contributed by atoms with E-state index in [1.54, 1.807) is 0 Å². The standard InChI is InChI=1S/C8H11P.W/c1-9(2)8-6-4-3-5-7-8;/h3-7H,1-2H3;/p+1. The molecule has 0 saturated heterocycles. The van der Waals surface area contributed by atoms with Crippen LogP contribution >= 0.6 is 7.92 Å². The van der Waals surface area contributed by atoms with Crippen molar-refractivity contribution >= 4 is 13.2 Å². The van der Waals surface area contributed by atoms with Crippen molar-refractivity contribution in [3.63, 3.8) is 0 Å². The van der Waals surface area contributed by atoms with Gasteiger partial charge in [0.1, 0.15) is 0 Å². The first-order valence-corrected chi connectivity index (χ1v) is 5.66. The zero-order chi connectivity index (χ0) is 6.69. The van der Waals surface area contributed by atoms with Crippen molar-refractivity contribution < 1.29 is 21.1 Å². The molecule has 0 aliphatic heterocycles. The monoisotopic (exact) mass is 323 g/mol. The molecule has 0 N–H and O–H groups in total. The van der Waals surface area contributed by atoms with Crippen LogP contribution < -0.4 is 5.30 Å². The van der Waals surface area contributed by atoms with Crippen LogP contribution in [0.25, 0.3) is 0 Å². The molecule has 0 heterocycles. The Bertz CT molecular complexity index is 172. The molecule has 54 valence electrons. The van der Waals surface area contributed by atoms with Crippen molar-refractivity contribution in [3.05, 3.63) is 30.3 Å². The zero-order valence-electron chi connectivity index (χ0n) is 6.29. The second-order valence-corrected chi connectivity index (χ2v) is 4.94. The Morgan fingerprint density at radius 1 is 1.00 bits per heavy atom. The van der Waals surface area contributed by atoms with E-state index in [1.165, 1.54) is 5.30 Å². The van der Waals surface area contributed by atoms with Gasteiger partial charge in [-0.3, -0.25) is 0 Å². The summed E-state index contributed by atoms with van der Waals surface area (Å²) in [5, 5.41) is 1.52. The summed E-state index contributed by atoms with van der Waals surface area (Å²) in [5.41, 5.74) is 0. The largest absolute Gasteiger partial charge is 0.0908 e. The first-order valence-electron chi connectivity index (χ1n) is 3.16. The molecule has 0 aromatic heterocycles. The summed E-state index contributed by atoms with van der Waals surface area (Å²) < 4.78 is 0. The zero-order valence-corrected chi connectivity index (χ0v) is 10.2. The smallest absolute Gasteiger partial charge is 0.0620 e. The Labute approximate surface area is 78.0 Å². The number of benzene rings is 1. The molecule has 10 heavy (non-hydrogen) atoms. The molecule has 0 atom stereocenters. The van der Waals surface area contributed by atoms with Gasteiger partial charge in [-0.15, -0.1) is 0 Å². The van der Waals surface area contributed by atoms with Crippen LogP contribution in [0.5, 0.6) is 0 Å². The number of rotatable bonds is 1. The molecule has 0 amide bonds. The second kappa shape index (κ2) is 5.05. The third-order valence-corrected chi connectivity index (χ3v) is 2.84. The molecule has 2 heteroatoms. The van der Waals surface area contributed by atoms with Crippen molar-refractivity contribution in [2.75, 3.05) is 13.3 Å². The Morgan fingerprint density at radius 2 is 1.50 bits per heavy atom. The SMILES string of the molecule is C[PH+](C)c1ccccc1.[W].